The molecule has 1 aliphatic heterocycles. The van der Waals surface area contributed by atoms with E-state index in [-0.39, 0.29) is 23.1 Å². The van der Waals surface area contributed by atoms with Crippen LogP contribution in [0.5, 0.6) is 0 Å². The quantitative estimate of drug-likeness (QED) is 0.923. The summed E-state index contributed by atoms with van der Waals surface area (Å²) in [5, 5.41) is 5.73. The summed E-state index contributed by atoms with van der Waals surface area (Å²) in [6.07, 6.45) is 0.556. The van der Waals surface area contributed by atoms with E-state index >= 15 is 0 Å². The second-order valence-electron chi connectivity index (χ2n) is 6.00. The largest absolute Gasteiger partial charge is 0.330 e. The van der Waals surface area contributed by atoms with Crippen molar-refractivity contribution in [2.24, 2.45) is 22.2 Å². The van der Waals surface area contributed by atoms with E-state index in [2.05, 4.69) is 5.10 Å². The Morgan fingerprint density at radius 1 is 1.40 bits per heavy atom. The highest BCUT2D eigenvalue weighted by Crippen LogP contribution is 2.33. The summed E-state index contributed by atoms with van der Waals surface area (Å²) in [7, 11) is 0. The van der Waals surface area contributed by atoms with Crippen molar-refractivity contribution in [3.8, 4) is 0 Å². The molecular weight excluding hydrogens is 257 g/mol. The molecule has 4 nitrogen and oxygen atoms in total. The van der Waals surface area contributed by atoms with Crippen LogP contribution in [0.3, 0.4) is 0 Å². The van der Waals surface area contributed by atoms with Crippen molar-refractivity contribution in [1.82, 2.24) is 0 Å². The molecule has 5 heteroatoms. The molecule has 0 spiro atoms. The molecule has 1 aromatic carbocycles. The van der Waals surface area contributed by atoms with Gasteiger partial charge >= 0.3 is 0 Å². The van der Waals surface area contributed by atoms with Crippen molar-refractivity contribution in [3.63, 3.8) is 0 Å². The smallest absolute Gasteiger partial charge is 0.256 e. The Kier molecular flexibility index (Phi) is 3.90. The highest BCUT2D eigenvalue weighted by molar-refractivity contribution is 6.17. The Balaban J connectivity index is 2.41. The zero-order chi connectivity index (χ0) is 14.9. The predicted octanol–water partition coefficient (Wildman–Crippen LogP) is 2.54. The fourth-order valence-corrected chi connectivity index (χ4v) is 2.38. The van der Waals surface area contributed by atoms with Crippen molar-refractivity contribution in [2.45, 2.75) is 27.2 Å². The lowest BCUT2D eigenvalue weighted by Gasteiger charge is -2.21. The number of carbonyl (C=O) groups excluding carboxylic acids is 1. The first-order valence-corrected chi connectivity index (χ1v) is 6.73. The van der Waals surface area contributed by atoms with Crippen LogP contribution in [0.4, 0.5) is 10.1 Å². The van der Waals surface area contributed by atoms with Gasteiger partial charge in [-0.25, -0.2) is 9.40 Å². The van der Waals surface area contributed by atoms with Gasteiger partial charge in [0.2, 0.25) is 0 Å². The molecule has 20 heavy (non-hydrogen) atoms. The lowest BCUT2D eigenvalue weighted by atomic mass is 9.81. The highest BCUT2D eigenvalue weighted by atomic mass is 19.1. The van der Waals surface area contributed by atoms with Crippen LogP contribution in [0.1, 0.15) is 27.2 Å². The van der Waals surface area contributed by atoms with E-state index in [0.717, 1.165) is 5.71 Å². The summed E-state index contributed by atoms with van der Waals surface area (Å²) in [4.78, 5) is 12.5. The van der Waals surface area contributed by atoms with Crippen molar-refractivity contribution in [2.75, 3.05) is 11.6 Å². The number of nitrogens with two attached hydrogens (primary N) is 1. The molecule has 0 radical (unpaired) electrons. The molecule has 1 aromatic rings. The van der Waals surface area contributed by atoms with E-state index < -0.39 is 0 Å². The van der Waals surface area contributed by atoms with Crippen molar-refractivity contribution < 1.29 is 9.18 Å². The summed E-state index contributed by atoms with van der Waals surface area (Å²) in [5.41, 5.74) is 6.63. The Bertz CT molecular complexity index is 548. The minimum absolute atomic E-state index is 0.133. The van der Waals surface area contributed by atoms with Crippen LogP contribution in [0, 0.1) is 17.2 Å². The van der Waals surface area contributed by atoms with Crippen LogP contribution in [0.2, 0.25) is 0 Å². The Labute approximate surface area is 118 Å². The summed E-state index contributed by atoms with van der Waals surface area (Å²) in [6, 6.07) is 5.90. The molecule has 1 atom stereocenters. The van der Waals surface area contributed by atoms with E-state index in [1.807, 2.05) is 20.8 Å². The molecule has 1 unspecified atom stereocenters. The third kappa shape index (κ3) is 2.72. The standard InChI is InChI=1S/C15H20FN3O/c1-15(2,3)13-12(7-8-17)14(20)19(18-13)11-6-4-5-10(16)9-11/h4-6,9,12H,7-8,17H2,1-3H3. The number of anilines is 1. The molecule has 0 bridgehead atoms. The van der Waals surface area contributed by atoms with Crippen molar-refractivity contribution in [1.29, 1.82) is 0 Å². The first-order chi connectivity index (χ1) is 9.34. The zero-order valence-electron chi connectivity index (χ0n) is 12.1. The fourth-order valence-electron chi connectivity index (χ4n) is 2.38. The predicted molar refractivity (Wildman–Crippen MR) is 77.9 cm³/mol. The van der Waals surface area contributed by atoms with Gasteiger partial charge < -0.3 is 5.73 Å². The van der Waals surface area contributed by atoms with E-state index in [9.17, 15) is 9.18 Å². The third-order valence-electron chi connectivity index (χ3n) is 3.32. The number of hydrazone groups is 1. The minimum Gasteiger partial charge on any atom is -0.330 e. The number of rotatable bonds is 3. The second kappa shape index (κ2) is 5.32. The molecule has 0 saturated heterocycles. The molecule has 0 fully saturated rings. The number of benzene rings is 1. The van der Waals surface area contributed by atoms with Crippen LogP contribution >= 0.6 is 0 Å². The number of carbonyl (C=O) groups is 1. The molecule has 108 valence electrons. The van der Waals surface area contributed by atoms with Gasteiger partial charge in [0.15, 0.2) is 0 Å². The maximum Gasteiger partial charge on any atom is 0.256 e. The summed E-state index contributed by atoms with van der Waals surface area (Å²) >= 11 is 0. The maximum atomic E-state index is 13.3. The van der Waals surface area contributed by atoms with Gasteiger partial charge in [0, 0.05) is 5.41 Å². The zero-order valence-corrected chi connectivity index (χ0v) is 12.1. The van der Waals surface area contributed by atoms with E-state index in [1.54, 1.807) is 12.1 Å². The lowest BCUT2D eigenvalue weighted by molar-refractivity contribution is -0.119. The molecule has 1 aliphatic rings. The Morgan fingerprint density at radius 3 is 2.65 bits per heavy atom. The van der Waals surface area contributed by atoms with Crippen molar-refractivity contribution in [3.05, 3.63) is 30.1 Å². The molecule has 0 aliphatic carbocycles. The SMILES string of the molecule is CC(C)(C)C1=NN(c2cccc(F)c2)C(=O)C1CCN. The second-order valence-corrected chi connectivity index (χ2v) is 6.00. The molecule has 0 saturated carbocycles. The highest BCUT2D eigenvalue weighted by Gasteiger charge is 2.41. The fraction of sp³-hybridized carbons (Fsp3) is 0.467. The van der Waals surface area contributed by atoms with Gasteiger partial charge in [-0.1, -0.05) is 26.8 Å². The van der Waals surface area contributed by atoms with Crippen LogP contribution in [-0.4, -0.2) is 18.2 Å². The van der Waals surface area contributed by atoms with E-state index in [4.69, 9.17) is 5.73 Å². The number of halogens is 1. The number of nitrogens with zero attached hydrogens (tertiary/aromatic N) is 2. The number of hydrogen-bond donors (Lipinski definition) is 1. The normalized spacial score (nSPS) is 19.4. The molecular formula is C15H20FN3O. The van der Waals surface area contributed by atoms with Gasteiger partial charge in [0.25, 0.3) is 5.91 Å². The monoisotopic (exact) mass is 277 g/mol. The molecule has 1 amide bonds. The average Bonchev–Trinajstić information content (AvgIpc) is 2.68. The van der Waals surface area contributed by atoms with Crippen LogP contribution in [0.15, 0.2) is 29.4 Å². The first kappa shape index (κ1) is 14.7. The van der Waals surface area contributed by atoms with Gasteiger partial charge in [0.1, 0.15) is 5.82 Å². The minimum atomic E-state index is -0.384. The van der Waals surface area contributed by atoms with Gasteiger partial charge in [-0.2, -0.15) is 5.10 Å². The lowest BCUT2D eigenvalue weighted by Crippen LogP contribution is -2.33. The van der Waals surface area contributed by atoms with E-state index in [1.165, 1.54) is 17.1 Å². The maximum absolute atomic E-state index is 13.3. The van der Waals surface area contributed by atoms with Crippen molar-refractivity contribution >= 4 is 17.3 Å². The Morgan fingerprint density at radius 2 is 2.10 bits per heavy atom. The Hall–Kier alpha value is -1.75. The molecule has 1 heterocycles. The number of hydrogen-bond acceptors (Lipinski definition) is 3. The van der Waals surface area contributed by atoms with Crippen LogP contribution in [0.25, 0.3) is 0 Å². The first-order valence-electron chi connectivity index (χ1n) is 6.73. The molecule has 0 aromatic heterocycles. The van der Waals surface area contributed by atoms with Gasteiger partial charge in [-0.05, 0) is 31.2 Å². The topological polar surface area (TPSA) is 58.7 Å². The summed E-state index contributed by atoms with van der Waals surface area (Å²) in [6.45, 7) is 6.45. The average molecular weight is 277 g/mol. The number of amides is 1. The summed E-state index contributed by atoms with van der Waals surface area (Å²) < 4.78 is 13.3. The third-order valence-corrected chi connectivity index (χ3v) is 3.32. The molecule has 2 N–H and O–H groups in total. The molecule has 2 rings (SSSR count). The van der Waals surface area contributed by atoms with Crippen LogP contribution in [-0.2, 0) is 4.79 Å². The van der Waals surface area contributed by atoms with Gasteiger partial charge in [-0.15, -0.1) is 0 Å². The summed E-state index contributed by atoms with van der Waals surface area (Å²) in [5.74, 6) is -0.834. The van der Waals surface area contributed by atoms with Gasteiger partial charge in [0.05, 0.1) is 17.3 Å². The van der Waals surface area contributed by atoms with Gasteiger partial charge in [-0.3, -0.25) is 4.79 Å². The van der Waals surface area contributed by atoms with E-state index in [0.29, 0.717) is 18.7 Å². The van der Waals surface area contributed by atoms with Crippen LogP contribution < -0.4 is 10.7 Å².